The normalized spacial score (nSPS) is 12.1. The Balaban J connectivity index is 2.01. The van der Waals surface area contributed by atoms with E-state index in [0.717, 1.165) is 7.11 Å². The molecule has 0 aromatic heterocycles. The third-order valence-corrected chi connectivity index (χ3v) is 6.01. The van der Waals surface area contributed by atoms with E-state index in [1.54, 1.807) is 99.6 Å². The molecular weight excluding hydrogens is 570 g/mol. The quantitative estimate of drug-likeness (QED) is 0.179. The van der Waals surface area contributed by atoms with Crippen LogP contribution in [0.1, 0.15) is 43.5 Å². The zero-order chi connectivity index (χ0) is 32.1. The van der Waals surface area contributed by atoms with Crippen LogP contribution in [0.3, 0.4) is 0 Å². The van der Waals surface area contributed by atoms with Gasteiger partial charge in [-0.3, -0.25) is 0 Å². The molecule has 234 valence electrons. The summed E-state index contributed by atoms with van der Waals surface area (Å²) in [6.07, 6.45) is -3.08. The molecule has 3 rings (SSSR count). The molecule has 0 saturated carbocycles. The van der Waals surface area contributed by atoms with Crippen molar-refractivity contribution in [2.24, 2.45) is 0 Å². The molecule has 0 heterocycles. The number of rotatable bonds is 10. The first-order valence-corrected chi connectivity index (χ1v) is 13.7. The molecule has 12 nitrogen and oxygen atoms in total. The van der Waals surface area contributed by atoms with Gasteiger partial charge in [-0.05, 0) is 49.6 Å². The summed E-state index contributed by atoms with van der Waals surface area (Å²) >= 11 is 0. The second-order valence-electron chi connectivity index (χ2n) is 10.4. The second kappa shape index (κ2) is 15.8. The van der Waals surface area contributed by atoms with Gasteiger partial charge in [0.1, 0.15) is 24.6 Å². The van der Waals surface area contributed by atoms with Crippen LogP contribution in [0, 0.1) is 0 Å². The van der Waals surface area contributed by atoms with Crippen molar-refractivity contribution >= 4 is 24.2 Å². The minimum absolute atomic E-state index is 0.124. The Bertz CT molecular complexity index is 1380. The van der Waals surface area contributed by atoms with E-state index in [1.807, 2.05) is 6.07 Å². The Morgan fingerprint density at radius 3 is 1.80 bits per heavy atom. The van der Waals surface area contributed by atoms with Gasteiger partial charge in [-0.1, -0.05) is 72.8 Å². The fourth-order valence-corrected chi connectivity index (χ4v) is 3.97. The molecule has 44 heavy (non-hydrogen) atoms. The van der Waals surface area contributed by atoms with Gasteiger partial charge in [-0.15, -0.1) is 0 Å². The van der Waals surface area contributed by atoms with Crippen LogP contribution in [-0.2, 0) is 37.0 Å². The van der Waals surface area contributed by atoms with Crippen molar-refractivity contribution in [3.8, 4) is 5.75 Å². The Labute approximate surface area is 256 Å². The number of alkyl carbamates (subject to hydrolysis) is 1. The molecule has 0 radical (unpaired) electrons. The smallest absolute Gasteiger partial charge is 0.430 e. The summed E-state index contributed by atoms with van der Waals surface area (Å²) in [5, 5.41) is 3.27. The monoisotopic (exact) mass is 607 g/mol. The molecule has 2 atom stereocenters. The van der Waals surface area contributed by atoms with Gasteiger partial charge in [-0.25, -0.2) is 24.6 Å². The van der Waals surface area contributed by atoms with Crippen molar-refractivity contribution in [3.05, 3.63) is 102 Å². The van der Waals surface area contributed by atoms with Gasteiger partial charge in [0.25, 0.3) is 0 Å². The van der Waals surface area contributed by atoms with E-state index in [0.29, 0.717) is 27.4 Å². The first-order chi connectivity index (χ1) is 21.0. The maximum Gasteiger partial charge on any atom is 0.430 e. The Hall–Kier alpha value is -5.26. The molecule has 0 saturated heterocycles. The highest BCUT2D eigenvalue weighted by Gasteiger charge is 2.42. The molecule has 3 aromatic rings. The summed E-state index contributed by atoms with van der Waals surface area (Å²) in [6.45, 7) is 4.71. The largest absolute Gasteiger partial charge is 0.497 e. The van der Waals surface area contributed by atoms with Crippen LogP contribution in [0.25, 0.3) is 0 Å². The third kappa shape index (κ3) is 10.2. The number of carbonyl (C=O) groups is 4. The van der Waals surface area contributed by atoms with Crippen LogP contribution in [0.5, 0.6) is 5.75 Å². The zero-order valence-corrected chi connectivity index (χ0v) is 25.3. The number of nitrogens with one attached hydrogen (secondary N) is 2. The van der Waals surface area contributed by atoms with E-state index in [4.69, 9.17) is 23.7 Å². The molecule has 0 unspecified atom stereocenters. The summed E-state index contributed by atoms with van der Waals surface area (Å²) in [5.41, 5.74) is 3.12. The number of benzene rings is 3. The van der Waals surface area contributed by atoms with Gasteiger partial charge >= 0.3 is 24.2 Å². The first-order valence-electron chi connectivity index (χ1n) is 13.7. The number of carbonyl (C=O) groups excluding carboxylic acids is 4. The minimum atomic E-state index is -1.69. The van der Waals surface area contributed by atoms with Crippen LogP contribution in [-0.4, -0.2) is 55.1 Å². The molecule has 0 aliphatic heterocycles. The fraction of sp³-hybridized carbons (Fsp3) is 0.312. The standard InChI is InChI=1S/C32H37N3O9/c1-32(2,3)44-29(37)33-26(24-16-18-25(40-4)19-17-24)27(28(36)41-5)35(31(39)43-21-23-14-10-7-11-15-23)34-30(38)42-20-22-12-8-6-9-13-22/h6-19,26-27H,20-21H2,1-5H3,(H,33,37)(H,34,38)/t26-,27-/m0/s1. The van der Waals surface area contributed by atoms with E-state index in [2.05, 4.69) is 10.7 Å². The summed E-state index contributed by atoms with van der Waals surface area (Å²) in [6, 6.07) is 21.1. The highest BCUT2D eigenvalue weighted by atomic mass is 16.6. The predicted octanol–water partition coefficient (Wildman–Crippen LogP) is 5.28. The maximum atomic E-state index is 13.6. The lowest BCUT2D eigenvalue weighted by Crippen LogP contribution is -2.60. The molecule has 0 bridgehead atoms. The van der Waals surface area contributed by atoms with E-state index < -0.39 is 41.9 Å². The van der Waals surface area contributed by atoms with Crippen molar-refractivity contribution < 1.29 is 42.9 Å². The minimum Gasteiger partial charge on any atom is -0.497 e. The topological polar surface area (TPSA) is 142 Å². The van der Waals surface area contributed by atoms with E-state index in [1.165, 1.54) is 7.11 Å². The number of amides is 3. The van der Waals surface area contributed by atoms with Gasteiger partial charge in [-0.2, -0.15) is 5.01 Å². The number of methoxy groups -OCH3 is 2. The lowest BCUT2D eigenvalue weighted by atomic mass is 9.98. The van der Waals surface area contributed by atoms with Crippen LogP contribution >= 0.6 is 0 Å². The van der Waals surface area contributed by atoms with Gasteiger partial charge in [0.15, 0.2) is 6.04 Å². The number of esters is 1. The van der Waals surface area contributed by atoms with E-state index >= 15 is 0 Å². The summed E-state index contributed by atoms with van der Waals surface area (Å²) in [4.78, 5) is 53.0. The molecule has 0 aliphatic rings. The van der Waals surface area contributed by atoms with E-state index in [9.17, 15) is 19.2 Å². The molecule has 0 fully saturated rings. The highest BCUT2D eigenvalue weighted by Crippen LogP contribution is 2.26. The van der Waals surface area contributed by atoms with Gasteiger partial charge in [0.2, 0.25) is 0 Å². The molecule has 3 aromatic carbocycles. The van der Waals surface area contributed by atoms with Crippen LogP contribution < -0.4 is 15.5 Å². The average Bonchev–Trinajstić information content (AvgIpc) is 3.01. The number of ether oxygens (including phenoxy) is 5. The average molecular weight is 608 g/mol. The Kier molecular flexibility index (Phi) is 12.0. The molecule has 0 aliphatic carbocycles. The Morgan fingerprint density at radius 2 is 1.30 bits per heavy atom. The molecule has 0 spiro atoms. The summed E-state index contributed by atoms with van der Waals surface area (Å²) in [7, 11) is 2.59. The van der Waals surface area contributed by atoms with Gasteiger partial charge in [0, 0.05) is 0 Å². The molecule has 12 heteroatoms. The molecule has 3 amide bonds. The lowest BCUT2D eigenvalue weighted by molar-refractivity contribution is -0.148. The van der Waals surface area contributed by atoms with Crippen LogP contribution in [0.4, 0.5) is 14.4 Å². The summed E-state index contributed by atoms with van der Waals surface area (Å²) < 4.78 is 26.5. The van der Waals surface area contributed by atoms with Gasteiger partial charge in [0.05, 0.1) is 20.3 Å². The number of nitrogens with zero attached hydrogens (tertiary/aromatic N) is 1. The van der Waals surface area contributed by atoms with Crippen molar-refractivity contribution in [2.45, 2.75) is 51.7 Å². The van der Waals surface area contributed by atoms with E-state index in [-0.39, 0.29) is 13.2 Å². The lowest BCUT2D eigenvalue weighted by Gasteiger charge is -2.35. The predicted molar refractivity (Wildman–Crippen MR) is 159 cm³/mol. The Morgan fingerprint density at radius 1 is 0.750 bits per heavy atom. The number of hydrazine groups is 1. The van der Waals surface area contributed by atoms with Crippen molar-refractivity contribution in [1.29, 1.82) is 0 Å². The van der Waals surface area contributed by atoms with Crippen LogP contribution in [0.2, 0.25) is 0 Å². The number of hydrogen-bond acceptors (Lipinski definition) is 9. The van der Waals surface area contributed by atoms with Gasteiger partial charge < -0.3 is 29.0 Å². The third-order valence-electron chi connectivity index (χ3n) is 6.01. The van der Waals surface area contributed by atoms with Crippen molar-refractivity contribution in [3.63, 3.8) is 0 Å². The summed E-state index contributed by atoms with van der Waals surface area (Å²) in [5.74, 6) is -0.483. The molecular formula is C32H37N3O9. The zero-order valence-electron chi connectivity index (χ0n) is 25.3. The second-order valence-corrected chi connectivity index (χ2v) is 10.4. The number of hydrogen-bond donors (Lipinski definition) is 2. The van der Waals surface area contributed by atoms with Crippen molar-refractivity contribution in [2.75, 3.05) is 14.2 Å². The van der Waals surface area contributed by atoms with Crippen LogP contribution in [0.15, 0.2) is 84.9 Å². The highest BCUT2D eigenvalue weighted by molar-refractivity contribution is 5.85. The first kappa shape index (κ1) is 33.2. The maximum absolute atomic E-state index is 13.6. The fourth-order valence-electron chi connectivity index (χ4n) is 3.97. The SMILES string of the molecule is COC(=O)[C@H]([C@@H](NC(=O)OC(C)(C)C)c1ccc(OC)cc1)N(NC(=O)OCc1ccccc1)C(=O)OCc1ccccc1. The molecule has 2 N–H and O–H groups in total. The van der Waals surface area contributed by atoms with Crippen molar-refractivity contribution in [1.82, 2.24) is 15.8 Å².